The number of hydrogen-bond donors (Lipinski definition) is 1. The Morgan fingerprint density at radius 1 is 1.21 bits per heavy atom. The van der Waals surface area contributed by atoms with E-state index >= 15 is 0 Å². The van der Waals surface area contributed by atoms with Crippen LogP contribution in [-0.4, -0.2) is 52.2 Å². The van der Waals surface area contributed by atoms with Crippen molar-refractivity contribution in [2.45, 2.75) is 32.6 Å². The van der Waals surface area contributed by atoms with Gasteiger partial charge in [0.2, 0.25) is 17.7 Å². The van der Waals surface area contributed by atoms with Crippen LogP contribution in [0.25, 0.3) is 0 Å². The lowest BCUT2D eigenvalue weighted by Crippen LogP contribution is -2.37. The van der Waals surface area contributed by atoms with E-state index in [0.717, 1.165) is 42.6 Å². The van der Waals surface area contributed by atoms with Gasteiger partial charge in [0.25, 0.3) is 0 Å². The summed E-state index contributed by atoms with van der Waals surface area (Å²) in [4.78, 5) is 46.6. The number of carbonyl (C=O) groups is 3. The van der Waals surface area contributed by atoms with Crippen molar-refractivity contribution in [1.29, 1.82) is 0 Å². The van der Waals surface area contributed by atoms with E-state index in [0.29, 0.717) is 5.82 Å². The first-order valence-corrected chi connectivity index (χ1v) is 8.23. The molecule has 2 aliphatic heterocycles. The molecule has 0 spiro atoms. The van der Waals surface area contributed by atoms with E-state index in [1.165, 1.54) is 6.33 Å². The van der Waals surface area contributed by atoms with Crippen LogP contribution in [0, 0.1) is 5.92 Å². The highest BCUT2D eigenvalue weighted by Gasteiger charge is 2.30. The van der Waals surface area contributed by atoms with E-state index < -0.39 is 5.91 Å². The Balaban J connectivity index is 1.61. The molecule has 24 heavy (non-hydrogen) atoms. The highest BCUT2D eigenvalue weighted by Crippen LogP contribution is 2.22. The smallest absolute Gasteiger partial charge is 0.245 e. The van der Waals surface area contributed by atoms with Crippen molar-refractivity contribution in [2.75, 3.05) is 29.9 Å². The predicted octanol–water partition coefficient (Wildman–Crippen LogP) is 0.800. The number of amides is 3. The maximum Gasteiger partial charge on any atom is 0.245 e. The van der Waals surface area contributed by atoms with E-state index in [1.54, 1.807) is 6.07 Å². The van der Waals surface area contributed by atoms with Crippen LogP contribution in [0.1, 0.15) is 32.6 Å². The second-order valence-corrected chi connectivity index (χ2v) is 6.35. The number of piperidine rings is 1. The minimum absolute atomic E-state index is 0.178. The summed E-state index contributed by atoms with van der Waals surface area (Å²) in [6, 6.07) is 1.72. The van der Waals surface area contributed by atoms with Crippen LogP contribution in [-0.2, 0) is 14.4 Å². The molecule has 0 bridgehead atoms. The van der Waals surface area contributed by atoms with Crippen LogP contribution < -0.4 is 10.2 Å². The van der Waals surface area contributed by atoms with Gasteiger partial charge >= 0.3 is 0 Å². The monoisotopic (exact) mass is 331 g/mol. The molecule has 128 valence electrons. The molecule has 3 heterocycles. The van der Waals surface area contributed by atoms with Gasteiger partial charge in [0, 0.05) is 32.0 Å². The second kappa shape index (κ2) is 6.94. The molecule has 3 rings (SSSR count). The Morgan fingerprint density at radius 3 is 2.54 bits per heavy atom. The topological polar surface area (TPSA) is 95.5 Å². The first-order chi connectivity index (χ1) is 11.5. The lowest BCUT2D eigenvalue weighted by atomic mass is 9.99. The van der Waals surface area contributed by atoms with E-state index in [1.807, 2.05) is 0 Å². The van der Waals surface area contributed by atoms with Crippen LogP contribution in [0.4, 0.5) is 11.6 Å². The van der Waals surface area contributed by atoms with Crippen LogP contribution in [0.2, 0.25) is 0 Å². The summed E-state index contributed by atoms with van der Waals surface area (Å²) in [6.07, 6.45) is 4.00. The molecule has 0 saturated carbocycles. The average molecular weight is 331 g/mol. The molecule has 1 aromatic rings. The maximum atomic E-state index is 12.1. The zero-order valence-corrected chi connectivity index (χ0v) is 13.7. The summed E-state index contributed by atoms with van der Waals surface area (Å²) >= 11 is 0. The van der Waals surface area contributed by atoms with Gasteiger partial charge in [0.15, 0.2) is 0 Å². The highest BCUT2D eigenvalue weighted by molar-refractivity contribution is 6.06. The third-order valence-corrected chi connectivity index (χ3v) is 4.48. The average Bonchev–Trinajstić information content (AvgIpc) is 2.88. The van der Waals surface area contributed by atoms with Gasteiger partial charge in [-0.05, 0) is 18.8 Å². The van der Waals surface area contributed by atoms with Crippen LogP contribution in [0.3, 0.4) is 0 Å². The first kappa shape index (κ1) is 16.4. The Labute approximate surface area is 140 Å². The summed E-state index contributed by atoms with van der Waals surface area (Å²) in [5.41, 5.74) is 0. The van der Waals surface area contributed by atoms with Gasteiger partial charge in [0.05, 0.1) is 0 Å². The van der Waals surface area contributed by atoms with Crippen LogP contribution in [0.5, 0.6) is 0 Å². The Hall–Kier alpha value is -2.51. The molecule has 2 fully saturated rings. The van der Waals surface area contributed by atoms with Gasteiger partial charge in [-0.3, -0.25) is 19.3 Å². The molecular weight excluding hydrogens is 310 g/mol. The largest absolute Gasteiger partial charge is 0.356 e. The van der Waals surface area contributed by atoms with Gasteiger partial charge < -0.3 is 10.2 Å². The van der Waals surface area contributed by atoms with Crippen molar-refractivity contribution in [3.05, 3.63) is 12.4 Å². The van der Waals surface area contributed by atoms with Crippen LogP contribution in [0.15, 0.2) is 12.4 Å². The lowest BCUT2D eigenvalue weighted by molar-refractivity contribution is -0.141. The van der Waals surface area contributed by atoms with E-state index in [-0.39, 0.29) is 31.2 Å². The Kier molecular flexibility index (Phi) is 4.73. The Morgan fingerprint density at radius 2 is 1.88 bits per heavy atom. The van der Waals surface area contributed by atoms with Crippen LogP contribution >= 0.6 is 0 Å². The van der Waals surface area contributed by atoms with Crippen molar-refractivity contribution in [3.8, 4) is 0 Å². The van der Waals surface area contributed by atoms with Crippen molar-refractivity contribution in [2.24, 2.45) is 5.92 Å². The summed E-state index contributed by atoms with van der Waals surface area (Å²) in [5.74, 6) is 0.832. The van der Waals surface area contributed by atoms with Gasteiger partial charge in [0.1, 0.15) is 24.5 Å². The standard InChI is InChI=1S/C16H21N5O3/c1-11-4-6-20(7-5-11)13-8-12(17-10-18-13)19-14(22)9-21-15(23)2-3-16(21)24/h8,10-11H,2-7,9H2,1H3,(H,17,18,19,22). The van der Waals surface area contributed by atoms with E-state index in [9.17, 15) is 14.4 Å². The van der Waals surface area contributed by atoms with Crippen molar-refractivity contribution < 1.29 is 14.4 Å². The molecule has 0 unspecified atom stereocenters. The molecule has 0 radical (unpaired) electrons. The molecule has 3 amide bonds. The van der Waals surface area contributed by atoms with E-state index in [4.69, 9.17) is 0 Å². The first-order valence-electron chi connectivity index (χ1n) is 8.23. The summed E-state index contributed by atoms with van der Waals surface area (Å²) < 4.78 is 0. The van der Waals surface area contributed by atoms with Crippen molar-refractivity contribution in [3.63, 3.8) is 0 Å². The molecule has 1 N–H and O–H groups in total. The summed E-state index contributed by atoms with van der Waals surface area (Å²) in [7, 11) is 0. The van der Waals surface area contributed by atoms with Crippen molar-refractivity contribution in [1.82, 2.24) is 14.9 Å². The molecule has 8 heteroatoms. The third kappa shape index (κ3) is 3.69. The maximum absolute atomic E-state index is 12.1. The van der Waals surface area contributed by atoms with Crippen molar-refractivity contribution >= 4 is 29.4 Å². The van der Waals surface area contributed by atoms with Gasteiger partial charge in [-0.25, -0.2) is 9.97 Å². The summed E-state index contributed by atoms with van der Waals surface area (Å²) in [6.45, 7) is 3.84. The molecule has 0 aliphatic carbocycles. The normalized spacial score (nSPS) is 19.0. The molecule has 2 saturated heterocycles. The number of hydrogen-bond acceptors (Lipinski definition) is 6. The molecule has 2 aliphatic rings. The number of aromatic nitrogens is 2. The van der Waals surface area contributed by atoms with Gasteiger partial charge in [-0.2, -0.15) is 0 Å². The van der Waals surface area contributed by atoms with Gasteiger partial charge in [-0.1, -0.05) is 6.92 Å². The number of anilines is 2. The Bertz CT molecular complexity index is 639. The fourth-order valence-electron chi connectivity index (χ4n) is 2.95. The zero-order chi connectivity index (χ0) is 17.1. The molecular formula is C16H21N5O3. The number of nitrogens with zero attached hydrogens (tertiary/aromatic N) is 4. The minimum atomic E-state index is -0.435. The number of imide groups is 1. The molecule has 0 aromatic carbocycles. The number of carbonyl (C=O) groups excluding carboxylic acids is 3. The molecule has 8 nitrogen and oxygen atoms in total. The zero-order valence-electron chi connectivity index (χ0n) is 13.7. The number of likely N-dealkylation sites (tertiary alicyclic amines) is 1. The number of nitrogens with one attached hydrogen (secondary N) is 1. The fraction of sp³-hybridized carbons (Fsp3) is 0.562. The predicted molar refractivity (Wildman–Crippen MR) is 87.2 cm³/mol. The fourth-order valence-corrected chi connectivity index (χ4v) is 2.95. The van der Waals surface area contributed by atoms with E-state index in [2.05, 4.69) is 27.1 Å². The number of rotatable bonds is 4. The quantitative estimate of drug-likeness (QED) is 0.820. The minimum Gasteiger partial charge on any atom is -0.356 e. The van der Waals surface area contributed by atoms with Gasteiger partial charge in [-0.15, -0.1) is 0 Å². The third-order valence-electron chi connectivity index (χ3n) is 4.48. The highest BCUT2D eigenvalue weighted by atomic mass is 16.2. The SMILES string of the molecule is CC1CCN(c2cc(NC(=O)CN3C(=O)CCC3=O)ncn2)CC1. The molecule has 1 aromatic heterocycles. The lowest BCUT2D eigenvalue weighted by Gasteiger charge is -2.31. The summed E-state index contributed by atoms with van der Waals surface area (Å²) in [5, 5.41) is 2.64. The second-order valence-electron chi connectivity index (χ2n) is 6.35. The molecule has 0 atom stereocenters.